The van der Waals surface area contributed by atoms with Crippen molar-refractivity contribution >= 4 is 23.5 Å². The van der Waals surface area contributed by atoms with Gasteiger partial charge in [-0.1, -0.05) is 13.0 Å². The molecule has 1 aromatic carbocycles. The zero-order chi connectivity index (χ0) is 19.4. The molecule has 8 nitrogen and oxygen atoms in total. The van der Waals surface area contributed by atoms with Crippen molar-refractivity contribution in [3.63, 3.8) is 0 Å². The lowest BCUT2D eigenvalue weighted by atomic mass is 10.1. The summed E-state index contributed by atoms with van der Waals surface area (Å²) in [5, 5.41) is 5.66. The molecule has 2 heterocycles. The first kappa shape index (κ1) is 19.0. The predicted octanol–water partition coefficient (Wildman–Crippen LogP) is 1.21. The van der Waals surface area contributed by atoms with Crippen molar-refractivity contribution in [3.8, 4) is 5.75 Å². The van der Waals surface area contributed by atoms with Crippen LogP contribution in [0.2, 0.25) is 0 Å². The Morgan fingerprint density at radius 2 is 1.93 bits per heavy atom. The van der Waals surface area contributed by atoms with Gasteiger partial charge in [0.2, 0.25) is 5.91 Å². The number of rotatable bonds is 4. The van der Waals surface area contributed by atoms with E-state index >= 15 is 0 Å². The summed E-state index contributed by atoms with van der Waals surface area (Å²) in [6.07, 6.45) is 0.631. The van der Waals surface area contributed by atoms with Crippen LogP contribution in [0.25, 0.3) is 0 Å². The number of piperazine rings is 1. The lowest BCUT2D eigenvalue weighted by molar-refractivity contribution is -0.131. The van der Waals surface area contributed by atoms with Crippen molar-refractivity contribution in [3.05, 3.63) is 23.8 Å². The molecule has 0 spiro atoms. The molecule has 0 bridgehead atoms. The highest BCUT2D eigenvalue weighted by Crippen LogP contribution is 2.30. The number of benzene rings is 1. The van der Waals surface area contributed by atoms with Gasteiger partial charge in [0.05, 0.1) is 12.1 Å². The molecule has 27 heavy (non-hydrogen) atoms. The van der Waals surface area contributed by atoms with Crippen LogP contribution in [0.3, 0.4) is 0 Å². The molecule has 1 unspecified atom stereocenters. The van der Waals surface area contributed by atoms with Crippen LogP contribution >= 0.6 is 0 Å². The smallest absolute Gasteiger partial charge is 0.317 e. The maximum Gasteiger partial charge on any atom is 0.317 e. The Hall–Kier alpha value is -2.77. The average molecular weight is 374 g/mol. The summed E-state index contributed by atoms with van der Waals surface area (Å²) in [6, 6.07) is 5.34. The van der Waals surface area contributed by atoms with Crippen molar-refractivity contribution in [2.24, 2.45) is 0 Å². The van der Waals surface area contributed by atoms with Gasteiger partial charge in [0.15, 0.2) is 6.10 Å². The topological polar surface area (TPSA) is 91.0 Å². The number of carbonyl (C=O) groups is 3. The molecule has 146 valence electrons. The van der Waals surface area contributed by atoms with E-state index < -0.39 is 6.10 Å². The summed E-state index contributed by atoms with van der Waals surface area (Å²) in [5.74, 6) is 0.438. The third-order valence-electron chi connectivity index (χ3n) is 4.78. The average Bonchev–Trinajstić information content (AvgIpc) is 2.67. The fourth-order valence-electron chi connectivity index (χ4n) is 3.15. The summed E-state index contributed by atoms with van der Waals surface area (Å²) in [5.41, 5.74) is 1.42. The number of hydrogen-bond acceptors (Lipinski definition) is 4. The molecule has 2 aliphatic heterocycles. The first-order valence-electron chi connectivity index (χ1n) is 9.39. The van der Waals surface area contributed by atoms with Gasteiger partial charge in [-0.2, -0.15) is 0 Å². The van der Waals surface area contributed by atoms with Gasteiger partial charge in [-0.05, 0) is 31.0 Å². The van der Waals surface area contributed by atoms with Crippen molar-refractivity contribution in [1.29, 1.82) is 0 Å². The number of ether oxygens (including phenoxy) is 1. The van der Waals surface area contributed by atoms with Gasteiger partial charge >= 0.3 is 6.03 Å². The van der Waals surface area contributed by atoms with Crippen LogP contribution in [0.15, 0.2) is 18.2 Å². The molecule has 0 saturated carbocycles. The van der Waals surface area contributed by atoms with Crippen molar-refractivity contribution in [2.75, 3.05) is 38.0 Å². The van der Waals surface area contributed by atoms with Crippen LogP contribution < -0.4 is 15.4 Å². The second-order valence-corrected chi connectivity index (χ2v) is 6.86. The van der Waals surface area contributed by atoms with E-state index in [1.54, 1.807) is 28.9 Å². The van der Waals surface area contributed by atoms with Gasteiger partial charge in [-0.3, -0.25) is 9.59 Å². The maximum atomic E-state index is 12.6. The van der Waals surface area contributed by atoms with Gasteiger partial charge < -0.3 is 25.2 Å². The molecule has 1 saturated heterocycles. The Balaban J connectivity index is 1.54. The molecule has 0 radical (unpaired) electrons. The number of amides is 4. The van der Waals surface area contributed by atoms with Gasteiger partial charge in [-0.25, -0.2) is 4.79 Å². The van der Waals surface area contributed by atoms with E-state index in [-0.39, 0.29) is 24.3 Å². The SMILES string of the molecule is CCCNC(=O)N1CCN(C(=O)Cc2ccc3c(c2)NC(=O)C(C)O3)CC1. The number of carbonyl (C=O) groups excluding carboxylic acids is 3. The second kappa shape index (κ2) is 8.28. The molecular weight excluding hydrogens is 348 g/mol. The Labute approximate surface area is 158 Å². The second-order valence-electron chi connectivity index (χ2n) is 6.86. The van der Waals surface area contributed by atoms with Crippen molar-refractivity contribution in [2.45, 2.75) is 32.8 Å². The number of nitrogens with zero attached hydrogens (tertiary/aromatic N) is 2. The highest BCUT2D eigenvalue weighted by molar-refractivity contribution is 5.97. The molecule has 3 rings (SSSR count). The van der Waals surface area contributed by atoms with Gasteiger partial charge in [-0.15, -0.1) is 0 Å². The van der Waals surface area contributed by atoms with E-state index in [1.807, 2.05) is 13.0 Å². The lowest BCUT2D eigenvalue weighted by Gasteiger charge is -2.34. The van der Waals surface area contributed by atoms with Crippen LogP contribution in [0.5, 0.6) is 5.75 Å². The quantitative estimate of drug-likeness (QED) is 0.829. The molecule has 8 heteroatoms. The minimum atomic E-state index is -0.518. The molecule has 2 aliphatic rings. The van der Waals surface area contributed by atoms with E-state index in [2.05, 4.69) is 10.6 Å². The zero-order valence-corrected chi connectivity index (χ0v) is 15.8. The number of hydrogen-bond donors (Lipinski definition) is 2. The van der Waals surface area contributed by atoms with Gasteiger partial charge in [0.25, 0.3) is 5.91 Å². The van der Waals surface area contributed by atoms with Crippen molar-refractivity contribution in [1.82, 2.24) is 15.1 Å². The largest absolute Gasteiger partial charge is 0.479 e. The first-order chi connectivity index (χ1) is 13.0. The van der Waals surface area contributed by atoms with E-state index in [0.29, 0.717) is 44.2 Å². The van der Waals surface area contributed by atoms with Crippen LogP contribution in [0.4, 0.5) is 10.5 Å². The highest BCUT2D eigenvalue weighted by atomic mass is 16.5. The lowest BCUT2D eigenvalue weighted by Crippen LogP contribution is -2.53. The van der Waals surface area contributed by atoms with Crippen molar-refractivity contribution < 1.29 is 19.1 Å². The summed E-state index contributed by atoms with van der Waals surface area (Å²) in [7, 11) is 0. The van der Waals surface area contributed by atoms with Crippen LogP contribution in [-0.4, -0.2) is 66.5 Å². The Morgan fingerprint density at radius 3 is 2.63 bits per heavy atom. The molecule has 1 atom stereocenters. The Morgan fingerprint density at radius 1 is 1.22 bits per heavy atom. The van der Waals surface area contributed by atoms with Gasteiger partial charge in [0.1, 0.15) is 5.75 Å². The highest BCUT2D eigenvalue weighted by Gasteiger charge is 2.26. The Bertz CT molecular complexity index is 728. The third kappa shape index (κ3) is 4.50. The van der Waals surface area contributed by atoms with E-state index in [4.69, 9.17) is 4.74 Å². The normalized spacial score (nSPS) is 19.0. The minimum Gasteiger partial charge on any atom is -0.479 e. The fraction of sp³-hybridized carbons (Fsp3) is 0.526. The zero-order valence-electron chi connectivity index (χ0n) is 15.8. The summed E-state index contributed by atoms with van der Waals surface area (Å²) in [4.78, 5) is 39.8. The number of anilines is 1. The van der Waals surface area contributed by atoms with Crippen LogP contribution in [-0.2, 0) is 16.0 Å². The fourth-order valence-corrected chi connectivity index (χ4v) is 3.15. The minimum absolute atomic E-state index is 0.0139. The molecule has 2 N–H and O–H groups in total. The monoisotopic (exact) mass is 374 g/mol. The predicted molar refractivity (Wildman–Crippen MR) is 101 cm³/mol. The van der Waals surface area contributed by atoms with Crippen LogP contribution in [0, 0.1) is 0 Å². The molecule has 1 fully saturated rings. The number of urea groups is 1. The molecule has 0 aliphatic carbocycles. The summed E-state index contributed by atoms with van der Waals surface area (Å²) >= 11 is 0. The molecule has 4 amide bonds. The summed E-state index contributed by atoms with van der Waals surface area (Å²) < 4.78 is 5.53. The van der Waals surface area contributed by atoms with E-state index in [9.17, 15) is 14.4 Å². The maximum absolute atomic E-state index is 12.6. The Kier molecular flexibility index (Phi) is 5.83. The standard InChI is InChI=1S/C19H26N4O4/c1-3-6-20-19(26)23-9-7-22(8-10-23)17(24)12-14-4-5-16-15(11-14)21-18(25)13(2)27-16/h4-5,11,13H,3,6-10,12H2,1-2H3,(H,20,26)(H,21,25). The number of nitrogens with one attached hydrogen (secondary N) is 2. The molecular formula is C19H26N4O4. The first-order valence-corrected chi connectivity index (χ1v) is 9.39. The van der Waals surface area contributed by atoms with E-state index in [0.717, 1.165) is 12.0 Å². The van der Waals surface area contributed by atoms with Gasteiger partial charge in [0, 0.05) is 32.7 Å². The summed E-state index contributed by atoms with van der Waals surface area (Å²) in [6.45, 7) is 6.49. The number of fused-ring (bicyclic) bond motifs is 1. The third-order valence-corrected chi connectivity index (χ3v) is 4.78. The van der Waals surface area contributed by atoms with E-state index in [1.165, 1.54) is 0 Å². The molecule has 0 aromatic heterocycles. The molecule has 1 aromatic rings. The van der Waals surface area contributed by atoms with Crippen LogP contribution in [0.1, 0.15) is 25.8 Å².